The molecule has 0 aliphatic carbocycles. The highest BCUT2D eigenvalue weighted by Crippen LogP contribution is 2.32. The molecule has 0 aliphatic heterocycles. The molecule has 2 aromatic rings. The van der Waals surface area contributed by atoms with E-state index in [0.29, 0.717) is 33.1 Å². The van der Waals surface area contributed by atoms with Crippen molar-refractivity contribution in [3.05, 3.63) is 53.6 Å². The molecule has 0 aromatic heterocycles. The summed E-state index contributed by atoms with van der Waals surface area (Å²) in [6.07, 6.45) is -4.28. The SMILES string of the molecule is O=C(COc1ccc(Cl)cc1)Nc1ccccc1SCC(F)(F)F. The number of hydrogen-bond acceptors (Lipinski definition) is 3. The summed E-state index contributed by atoms with van der Waals surface area (Å²) in [4.78, 5) is 12.3. The summed E-state index contributed by atoms with van der Waals surface area (Å²) in [6.45, 7) is -0.264. The lowest BCUT2D eigenvalue weighted by atomic mass is 10.3. The van der Waals surface area contributed by atoms with Gasteiger partial charge in [-0.25, -0.2) is 0 Å². The number of amides is 1. The Morgan fingerprint density at radius 2 is 1.79 bits per heavy atom. The van der Waals surface area contributed by atoms with Gasteiger partial charge in [-0.1, -0.05) is 23.7 Å². The molecule has 1 amide bonds. The van der Waals surface area contributed by atoms with Crippen molar-refractivity contribution in [3.8, 4) is 5.75 Å². The monoisotopic (exact) mass is 375 g/mol. The van der Waals surface area contributed by atoms with E-state index in [2.05, 4.69) is 5.32 Å². The Labute approximate surface area is 146 Å². The molecule has 2 aromatic carbocycles. The van der Waals surface area contributed by atoms with E-state index in [4.69, 9.17) is 16.3 Å². The number of nitrogens with one attached hydrogen (secondary N) is 1. The summed E-state index contributed by atoms with van der Waals surface area (Å²) in [6, 6.07) is 12.8. The molecular weight excluding hydrogens is 363 g/mol. The Kier molecular flexibility index (Phi) is 6.39. The fourth-order valence-electron chi connectivity index (χ4n) is 1.72. The first kappa shape index (κ1) is 18.5. The minimum Gasteiger partial charge on any atom is -0.484 e. The van der Waals surface area contributed by atoms with E-state index in [-0.39, 0.29) is 6.61 Å². The number of thioether (sulfide) groups is 1. The quantitative estimate of drug-likeness (QED) is 0.721. The highest BCUT2D eigenvalue weighted by atomic mass is 35.5. The maximum absolute atomic E-state index is 12.3. The average molecular weight is 376 g/mol. The number of anilines is 1. The van der Waals surface area contributed by atoms with Crippen molar-refractivity contribution >= 4 is 35.0 Å². The molecule has 128 valence electrons. The Hall–Kier alpha value is -1.86. The van der Waals surface area contributed by atoms with Crippen LogP contribution in [0.3, 0.4) is 0 Å². The van der Waals surface area contributed by atoms with E-state index >= 15 is 0 Å². The highest BCUT2D eigenvalue weighted by molar-refractivity contribution is 7.99. The zero-order chi connectivity index (χ0) is 17.6. The lowest BCUT2D eigenvalue weighted by molar-refractivity contribution is -0.118. The van der Waals surface area contributed by atoms with Crippen LogP contribution in [-0.2, 0) is 4.79 Å². The summed E-state index contributed by atoms with van der Waals surface area (Å²) in [7, 11) is 0. The number of ether oxygens (including phenoxy) is 1. The van der Waals surface area contributed by atoms with Crippen LogP contribution >= 0.6 is 23.4 Å². The summed E-state index contributed by atoms with van der Waals surface area (Å²) >= 11 is 6.36. The van der Waals surface area contributed by atoms with Crippen molar-refractivity contribution in [1.82, 2.24) is 0 Å². The van der Waals surface area contributed by atoms with Crippen LogP contribution < -0.4 is 10.1 Å². The van der Waals surface area contributed by atoms with Gasteiger partial charge in [0.25, 0.3) is 5.91 Å². The number of carbonyl (C=O) groups excluding carboxylic acids is 1. The van der Waals surface area contributed by atoms with Gasteiger partial charge in [0.1, 0.15) is 5.75 Å². The molecule has 0 heterocycles. The second-order valence-electron chi connectivity index (χ2n) is 4.69. The molecule has 0 bridgehead atoms. The van der Waals surface area contributed by atoms with Gasteiger partial charge in [0.15, 0.2) is 6.61 Å². The Balaban J connectivity index is 1.92. The Bertz CT molecular complexity index is 692. The van der Waals surface area contributed by atoms with Gasteiger partial charge >= 0.3 is 6.18 Å². The molecule has 0 spiro atoms. The van der Waals surface area contributed by atoms with Crippen molar-refractivity contribution in [2.45, 2.75) is 11.1 Å². The molecule has 8 heteroatoms. The molecule has 24 heavy (non-hydrogen) atoms. The van der Waals surface area contributed by atoms with Gasteiger partial charge in [-0.2, -0.15) is 13.2 Å². The smallest absolute Gasteiger partial charge is 0.398 e. The summed E-state index contributed by atoms with van der Waals surface area (Å²) in [5, 5.41) is 3.09. The first-order valence-corrected chi connectivity index (χ1v) is 8.17. The van der Waals surface area contributed by atoms with Crippen LogP contribution in [0, 0.1) is 0 Å². The molecule has 0 fully saturated rings. The third-order valence-corrected chi connectivity index (χ3v) is 4.13. The van der Waals surface area contributed by atoms with Crippen LogP contribution in [0.5, 0.6) is 5.75 Å². The standard InChI is InChI=1S/C16H13ClF3NO2S/c17-11-5-7-12(8-6-11)23-9-15(22)21-13-3-1-2-4-14(13)24-10-16(18,19)20/h1-8H,9-10H2,(H,21,22). The van der Waals surface area contributed by atoms with Crippen molar-refractivity contribution in [2.24, 2.45) is 0 Å². The van der Waals surface area contributed by atoms with Crippen LogP contribution in [0.4, 0.5) is 18.9 Å². The van der Waals surface area contributed by atoms with Gasteiger partial charge < -0.3 is 10.1 Å². The second kappa shape index (κ2) is 8.30. The Morgan fingerprint density at radius 3 is 2.46 bits per heavy atom. The van der Waals surface area contributed by atoms with Crippen molar-refractivity contribution in [1.29, 1.82) is 0 Å². The zero-order valence-electron chi connectivity index (χ0n) is 12.3. The molecule has 0 aliphatic rings. The fraction of sp³-hybridized carbons (Fsp3) is 0.188. The number of rotatable bonds is 6. The minimum absolute atomic E-state index is 0.264. The van der Waals surface area contributed by atoms with Crippen molar-refractivity contribution < 1.29 is 22.7 Å². The van der Waals surface area contributed by atoms with Crippen LogP contribution in [0.15, 0.2) is 53.4 Å². The van der Waals surface area contributed by atoms with Crippen LogP contribution in [0.1, 0.15) is 0 Å². The average Bonchev–Trinajstić information content (AvgIpc) is 2.53. The maximum Gasteiger partial charge on any atom is 0.398 e. The summed E-state index contributed by atoms with van der Waals surface area (Å²) in [5.41, 5.74) is 0.316. The van der Waals surface area contributed by atoms with E-state index in [1.807, 2.05) is 0 Å². The van der Waals surface area contributed by atoms with Gasteiger partial charge in [-0.15, -0.1) is 11.8 Å². The molecular formula is C16H13ClF3NO2S. The van der Waals surface area contributed by atoms with E-state index in [1.165, 1.54) is 6.07 Å². The van der Waals surface area contributed by atoms with Gasteiger partial charge in [-0.3, -0.25) is 4.79 Å². The van der Waals surface area contributed by atoms with E-state index in [9.17, 15) is 18.0 Å². The summed E-state index contributed by atoms with van der Waals surface area (Å²) < 4.78 is 42.3. The van der Waals surface area contributed by atoms with Crippen LogP contribution in [-0.4, -0.2) is 24.4 Å². The number of halogens is 4. The molecule has 0 unspecified atom stereocenters. The van der Waals surface area contributed by atoms with Crippen molar-refractivity contribution in [2.75, 3.05) is 17.7 Å². The number of para-hydroxylation sites is 1. The first-order chi connectivity index (χ1) is 11.3. The van der Waals surface area contributed by atoms with Gasteiger partial charge in [0.2, 0.25) is 0 Å². The molecule has 0 saturated carbocycles. The largest absolute Gasteiger partial charge is 0.484 e. The van der Waals surface area contributed by atoms with Crippen LogP contribution in [0.25, 0.3) is 0 Å². The predicted molar refractivity (Wildman–Crippen MR) is 88.8 cm³/mol. The molecule has 1 N–H and O–H groups in total. The van der Waals surface area contributed by atoms with Crippen molar-refractivity contribution in [3.63, 3.8) is 0 Å². The third-order valence-electron chi connectivity index (χ3n) is 2.74. The van der Waals surface area contributed by atoms with E-state index in [1.54, 1.807) is 42.5 Å². The Morgan fingerprint density at radius 1 is 1.12 bits per heavy atom. The summed E-state index contributed by atoms with van der Waals surface area (Å²) in [5.74, 6) is -1.03. The molecule has 0 atom stereocenters. The second-order valence-corrected chi connectivity index (χ2v) is 6.14. The van der Waals surface area contributed by atoms with Gasteiger partial charge in [-0.05, 0) is 36.4 Å². The fourth-order valence-corrected chi connectivity index (χ4v) is 2.62. The first-order valence-electron chi connectivity index (χ1n) is 6.80. The number of carbonyl (C=O) groups is 1. The van der Waals surface area contributed by atoms with E-state index in [0.717, 1.165) is 0 Å². The zero-order valence-corrected chi connectivity index (χ0v) is 13.8. The lowest BCUT2D eigenvalue weighted by Crippen LogP contribution is -2.20. The topological polar surface area (TPSA) is 38.3 Å². The van der Waals surface area contributed by atoms with Crippen LogP contribution in [0.2, 0.25) is 5.02 Å². The third kappa shape index (κ3) is 6.33. The number of alkyl halides is 3. The number of hydrogen-bond donors (Lipinski definition) is 1. The lowest BCUT2D eigenvalue weighted by Gasteiger charge is -2.12. The maximum atomic E-state index is 12.3. The highest BCUT2D eigenvalue weighted by Gasteiger charge is 2.27. The predicted octanol–water partition coefficient (Wildman–Crippen LogP) is 5.01. The van der Waals surface area contributed by atoms with Gasteiger partial charge in [0.05, 0.1) is 11.4 Å². The molecule has 0 saturated heterocycles. The van der Waals surface area contributed by atoms with E-state index < -0.39 is 17.8 Å². The molecule has 0 radical (unpaired) electrons. The van der Waals surface area contributed by atoms with Gasteiger partial charge in [0, 0.05) is 9.92 Å². The molecule has 3 nitrogen and oxygen atoms in total. The minimum atomic E-state index is -4.28. The number of benzene rings is 2. The normalized spacial score (nSPS) is 11.2. The molecule has 2 rings (SSSR count).